The molecule has 2 aliphatic carbocycles. The van der Waals surface area contributed by atoms with Gasteiger partial charge in [-0.2, -0.15) is 0 Å². The van der Waals surface area contributed by atoms with Crippen LogP contribution in [0.2, 0.25) is 0 Å². The van der Waals surface area contributed by atoms with E-state index in [1.54, 1.807) is 23.1 Å². The third-order valence-corrected chi connectivity index (χ3v) is 8.36. The molecule has 4 aliphatic rings. The van der Waals surface area contributed by atoms with E-state index in [1.807, 2.05) is 38.1 Å². The molecule has 3 amide bonds. The standard InChI is InChI=1S/C28H28N2O5/c1-15-3-7-20(8-4-15)29-14-19(13-23(29)31)28(34)35-21-9-10-22(16(2)11-21)30-26(32)24-17-5-6-18(12-17)25(24)27(30)33/h3-4,7-11,17-19,24-25H,5-6,12-14H2,1-2H3/t17-,18-,19-,24-,25+/m0/s1. The minimum Gasteiger partial charge on any atom is -0.426 e. The number of imide groups is 1. The molecule has 4 fully saturated rings. The first-order valence-electron chi connectivity index (χ1n) is 12.4. The molecule has 6 rings (SSSR count). The molecule has 2 aliphatic heterocycles. The van der Waals surface area contributed by atoms with Crippen LogP contribution in [0, 0.1) is 43.4 Å². The molecule has 2 heterocycles. The summed E-state index contributed by atoms with van der Waals surface area (Å²) in [5.74, 6) is -0.615. The summed E-state index contributed by atoms with van der Waals surface area (Å²) in [6, 6.07) is 12.6. The second-order valence-electron chi connectivity index (χ2n) is 10.5. The highest BCUT2D eigenvalue weighted by Gasteiger charge is 2.61. The zero-order valence-electron chi connectivity index (χ0n) is 19.9. The molecule has 180 valence electrons. The quantitative estimate of drug-likeness (QED) is 0.384. The highest BCUT2D eigenvalue weighted by Crippen LogP contribution is 2.56. The summed E-state index contributed by atoms with van der Waals surface area (Å²) in [7, 11) is 0. The fourth-order valence-electron chi connectivity index (χ4n) is 6.63. The van der Waals surface area contributed by atoms with Gasteiger partial charge < -0.3 is 9.64 Å². The van der Waals surface area contributed by atoms with Gasteiger partial charge in [0.1, 0.15) is 5.75 Å². The number of nitrogens with zero attached hydrogens (tertiary/aromatic N) is 2. The molecule has 35 heavy (non-hydrogen) atoms. The summed E-state index contributed by atoms with van der Waals surface area (Å²) in [6.07, 6.45) is 3.18. The van der Waals surface area contributed by atoms with Gasteiger partial charge >= 0.3 is 5.97 Å². The third-order valence-electron chi connectivity index (χ3n) is 8.36. The zero-order valence-corrected chi connectivity index (χ0v) is 19.9. The normalized spacial score (nSPS) is 29.3. The second-order valence-corrected chi connectivity index (χ2v) is 10.5. The minimum atomic E-state index is -0.555. The molecule has 0 aromatic heterocycles. The second kappa shape index (κ2) is 8.04. The highest BCUT2D eigenvalue weighted by molar-refractivity contribution is 6.23. The Bertz CT molecular complexity index is 1220. The molecule has 7 heteroatoms. The van der Waals surface area contributed by atoms with Gasteiger partial charge in [0.15, 0.2) is 0 Å². The lowest BCUT2D eigenvalue weighted by Gasteiger charge is -2.20. The highest BCUT2D eigenvalue weighted by atomic mass is 16.5. The molecule has 2 aromatic rings. The third kappa shape index (κ3) is 3.48. The Morgan fingerprint density at radius 2 is 1.57 bits per heavy atom. The molecule has 0 N–H and O–H groups in total. The number of rotatable bonds is 4. The predicted octanol–water partition coefficient (Wildman–Crippen LogP) is 3.80. The molecule has 2 saturated heterocycles. The smallest absolute Gasteiger partial charge is 0.316 e. The van der Waals surface area contributed by atoms with Gasteiger partial charge in [0.05, 0.1) is 23.4 Å². The van der Waals surface area contributed by atoms with Crippen LogP contribution >= 0.6 is 0 Å². The Morgan fingerprint density at radius 3 is 2.20 bits per heavy atom. The number of carbonyl (C=O) groups is 4. The van der Waals surface area contributed by atoms with Crippen molar-refractivity contribution in [2.24, 2.45) is 29.6 Å². The van der Waals surface area contributed by atoms with Gasteiger partial charge in [-0.25, -0.2) is 4.90 Å². The van der Waals surface area contributed by atoms with Crippen molar-refractivity contribution in [2.75, 3.05) is 16.3 Å². The van der Waals surface area contributed by atoms with E-state index in [9.17, 15) is 19.2 Å². The van der Waals surface area contributed by atoms with E-state index >= 15 is 0 Å². The van der Waals surface area contributed by atoms with Gasteiger partial charge in [-0.1, -0.05) is 17.7 Å². The number of hydrogen-bond donors (Lipinski definition) is 0. The predicted molar refractivity (Wildman–Crippen MR) is 129 cm³/mol. The van der Waals surface area contributed by atoms with Crippen LogP contribution in [0.25, 0.3) is 0 Å². The van der Waals surface area contributed by atoms with Crippen LogP contribution in [-0.4, -0.2) is 30.2 Å². The van der Waals surface area contributed by atoms with Crippen molar-refractivity contribution in [3.05, 3.63) is 53.6 Å². The van der Waals surface area contributed by atoms with E-state index in [0.717, 1.165) is 30.5 Å². The van der Waals surface area contributed by atoms with Crippen LogP contribution in [0.15, 0.2) is 42.5 Å². The SMILES string of the molecule is Cc1ccc(N2C[C@@H](C(=O)Oc3ccc(N4C(=O)[C@@H]5[C@H]6CC[C@@H](C6)[C@@H]5C4=O)c(C)c3)CC2=O)cc1. The van der Waals surface area contributed by atoms with Crippen LogP contribution < -0.4 is 14.5 Å². The van der Waals surface area contributed by atoms with Gasteiger partial charge in [-0.15, -0.1) is 0 Å². The van der Waals surface area contributed by atoms with Crippen LogP contribution in [-0.2, 0) is 19.2 Å². The Labute approximate surface area is 204 Å². The van der Waals surface area contributed by atoms with Crippen molar-refractivity contribution in [1.82, 2.24) is 0 Å². The van der Waals surface area contributed by atoms with Gasteiger partial charge in [0.25, 0.3) is 0 Å². The number of fused-ring (bicyclic) bond motifs is 5. The lowest BCUT2D eigenvalue weighted by atomic mass is 9.81. The largest absolute Gasteiger partial charge is 0.426 e. The molecule has 0 unspecified atom stereocenters. The summed E-state index contributed by atoms with van der Waals surface area (Å²) in [5.41, 5.74) is 3.14. The van der Waals surface area contributed by atoms with E-state index in [4.69, 9.17) is 4.74 Å². The molecular weight excluding hydrogens is 444 g/mol. The maximum Gasteiger partial charge on any atom is 0.316 e. The van der Waals surface area contributed by atoms with Gasteiger partial charge in [-0.05, 0) is 80.8 Å². The number of carbonyl (C=O) groups excluding carboxylic acids is 4. The molecule has 0 radical (unpaired) electrons. The van der Waals surface area contributed by atoms with Crippen LogP contribution in [0.3, 0.4) is 0 Å². The van der Waals surface area contributed by atoms with Gasteiger partial charge in [-0.3, -0.25) is 19.2 Å². The minimum absolute atomic E-state index is 0.0827. The Hall–Kier alpha value is -3.48. The maximum atomic E-state index is 13.2. The van der Waals surface area contributed by atoms with Crippen LogP contribution in [0.5, 0.6) is 5.75 Å². The van der Waals surface area contributed by atoms with Crippen LogP contribution in [0.4, 0.5) is 11.4 Å². The van der Waals surface area contributed by atoms with Crippen molar-refractivity contribution >= 4 is 35.1 Å². The number of esters is 1. The molecule has 7 nitrogen and oxygen atoms in total. The summed E-state index contributed by atoms with van der Waals surface area (Å²) >= 11 is 0. The number of ether oxygens (including phenoxy) is 1. The lowest BCUT2D eigenvalue weighted by molar-refractivity contribution is -0.139. The van der Waals surface area contributed by atoms with E-state index in [1.165, 1.54) is 4.90 Å². The van der Waals surface area contributed by atoms with E-state index < -0.39 is 11.9 Å². The summed E-state index contributed by atoms with van der Waals surface area (Å²) in [6.45, 7) is 4.07. The van der Waals surface area contributed by atoms with E-state index in [2.05, 4.69) is 0 Å². The molecule has 2 aromatic carbocycles. The topological polar surface area (TPSA) is 84.0 Å². The fourth-order valence-corrected chi connectivity index (χ4v) is 6.63. The summed E-state index contributed by atoms with van der Waals surface area (Å²) in [4.78, 5) is 54.6. The van der Waals surface area contributed by atoms with E-state index in [-0.39, 0.29) is 42.5 Å². The molecule has 5 atom stereocenters. The Kier molecular flexibility index (Phi) is 5.06. The first-order valence-corrected chi connectivity index (χ1v) is 12.4. The molecule has 2 saturated carbocycles. The van der Waals surface area contributed by atoms with Crippen molar-refractivity contribution in [3.63, 3.8) is 0 Å². The Balaban J connectivity index is 1.15. The lowest BCUT2D eigenvalue weighted by Crippen LogP contribution is -2.33. The first kappa shape index (κ1) is 22.0. The first-order chi connectivity index (χ1) is 16.8. The molecule has 0 spiro atoms. The summed E-state index contributed by atoms with van der Waals surface area (Å²) in [5, 5.41) is 0. The average Bonchev–Trinajstić information content (AvgIpc) is 3.59. The van der Waals surface area contributed by atoms with Crippen LogP contribution in [0.1, 0.15) is 36.8 Å². The van der Waals surface area contributed by atoms with Crippen molar-refractivity contribution in [2.45, 2.75) is 39.5 Å². The number of benzene rings is 2. The molecular formula is C28H28N2O5. The van der Waals surface area contributed by atoms with Gasteiger partial charge in [0, 0.05) is 18.7 Å². The fraction of sp³-hybridized carbons (Fsp3) is 0.429. The monoisotopic (exact) mass is 472 g/mol. The van der Waals surface area contributed by atoms with E-state index in [0.29, 0.717) is 28.8 Å². The summed E-state index contributed by atoms with van der Waals surface area (Å²) < 4.78 is 5.61. The molecule has 2 bridgehead atoms. The van der Waals surface area contributed by atoms with Crippen molar-refractivity contribution < 1.29 is 23.9 Å². The van der Waals surface area contributed by atoms with Crippen molar-refractivity contribution in [3.8, 4) is 5.75 Å². The zero-order chi connectivity index (χ0) is 24.4. The number of anilines is 2. The average molecular weight is 473 g/mol. The van der Waals surface area contributed by atoms with Crippen molar-refractivity contribution in [1.29, 1.82) is 0 Å². The number of amides is 3. The Morgan fingerprint density at radius 1 is 0.914 bits per heavy atom. The van der Waals surface area contributed by atoms with Gasteiger partial charge in [0.2, 0.25) is 17.7 Å². The number of aryl methyl sites for hydroxylation is 2. The number of hydrogen-bond acceptors (Lipinski definition) is 5. The maximum absolute atomic E-state index is 13.2.